The zero-order valence-corrected chi connectivity index (χ0v) is 25.0. The highest BCUT2D eigenvalue weighted by atomic mass is 16.6. The number of aliphatic hydroxyl groups excluding tert-OH is 1. The number of carbonyl (C=O) groups is 1. The van der Waals surface area contributed by atoms with Gasteiger partial charge in [-0.25, -0.2) is 0 Å². The number of hydrogen-bond donors (Lipinski definition) is 1. The minimum absolute atomic E-state index is 0.170. The molecule has 0 heterocycles. The Kier molecular flexibility index (Phi) is 30.6. The number of rotatable bonds is 30. The van der Waals surface area contributed by atoms with Crippen LogP contribution in [0.25, 0.3) is 0 Å². The zero-order valence-electron chi connectivity index (χ0n) is 25.0. The van der Waals surface area contributed by atoms with Crippen molar-refractivity contribution in [3.63, 3.8) is 0 Å². The molecule has 4 heteroatoms. The summed E-state index contributed by atoms with van der Waals surface area (Å²) in [7, 11) is 0. The summed E-state index contributed by atoms with van der Waals surface area (Å²) in [4.78, 5) is 12.0. The van der Waals surface area contributed by atoms with Gasteiger partial charge in [-0.05, 0) is 38.5 Å². The van der Waals surface area contributed by atoms with Gasteiger partial charge in [0, 0.05) is 13.0 Å². The van der Waals surface area contributed by atoms with Crippen LogP contribution in [-0.2, 0) is 14.3 Å². The van der Waals surface area contributed by atoms with Crippen LogP contribution < -0.4 is 0 Å². The Balaban J connectivity index is 3.43. The Bertz CT molecular complexity index is 477. The van der Waals surface area contributed by atoms with Crippen molar-refractivity contribution < 1.29 is 19.4 Å². The third-order valence-corrected chi connectivity index (χ3v) is 7.09. The third-order valence-electron chi connectivity index (χ3n) is 7.09. The normalized spacial score (nSPS) is 12.4. The molecule has 0 rings (SSSR count). The number of allylic oxidation sites excluding steroid dienone is 2. The Morgan fingerprint density at radius 1 is 0.622 bits per heavy atom. The van der Waals surface area contributed by atoms with E-state index in [-0.39, 0.29) is 12.6 Å². The van der Waals surface area contributed by atoms with Gasteiger partial charge in [0.05, 0.1) is 13.2 Å². The van der Waals surface area contributed by atoms with Gasteiger partial charge in [0.1, 0.15) is 6.10 Å². The number of unbranched alkanes of at least 4 members (excludes halogenated alkanes) is 20. The molecule has 0 aliphatic carbocycles. The minimum Gasteiger partial charge on any atom is -0.457 e. The molecule has 0 saturated carbocycles. The van der Waals surface area contributed by atoms with Crippen LogP contribution in [0.3, 0.4) is 0 Å². The second kappa shape index (κ2) is 31.3. The lowest BCUT2D eigenvalue weighted by molar-refractivity contribution is -0.154. The number of esters is 1. The summed E-state index contributed by atoms with van der Waals surface area (Å²) in [5.41, 5.74) is 0. The van der Waals surface area contributed by atoms with Gasteiger partial charge in [-0.3, -0.25) is 4.79 Å². The second-order valence-corrected chi connectivity index (χ2v) is 10.9. The molecule has 0 amide bonds. The maximum atomic E-state index is 12.0. The van der Waals surface area contributed by atoms with E-state index in [9.17, 15) is 9.90 Å². The SMILES string of the molecule is CCCCCCC/C=C\CCCCCCCCOCC(CO)OC(=O)CCCCCCCCCCCC. The molecular weight excluding hydrogens is 460 g/mol. The van der Waals surface area contributed by atoms with Crippen LogP contribution in [0, 0.1) is 0 Å². The van der Waals surface area contributed by atoms with Crippen LogP contribution in [-0.4, -0.2) is 37.0 Å². The second-order valence-electron chi connectivity index (χ2n) is 10.9. The first kappa shape index (κ1) is 36.1. The number of ether oxygens (including phenoxy) is 2. The molecule has 37 heavy (non-hydrogen) atoms. The van der Waals surface area contributed by atoms with Crippen molar-refractivity contribution in [2.75, 3.05) is 19.8 Å². The summed E-state index contributed by atoms with van der Waals surface area (Å²) in [6.07, 6.45) is 33.8. The molecule has 0 spiro atoms. The Hall–Kier alpha value is -0.870. The molecular formula is C33H64O4. The van der Waals surface area contributed by atoms with Gasteiger partial charge >= 0.3 is 5.97 Å². The summed E-state index contributed by atoms with van der Waals surface area (Å²) in [6, 6.07) is 0. The van der Waals surface area contributed by atoms with Gasteiger partial charge in [-0.2, -0.15) is 0 Å². The predicted octanol–water partition coefficient (Wildman–Crippen LogP) is 9.87. The fourth-order valence-electron chi connectivity index (χ4n) is 4.62. The van der Waals surface area contributed by atoms with Crippen LogP contribution >= 0.6 is 0 Å². The third kappa shape index (κ3) is 29.5. The number of aliphatic hydroxyl groups is 1. The average molecular weight is 525 g/mol. The van der Waals surface area contributed by atoms with E-state index in [0.29, 0.717) is 19.6 Å². The van der Waals surface area contributed by atoms with Crippen LogP contribution in [0.2, 0.25) is 0 Å². The molecule has 4 nitrogen and oxygen atoms in total. The first-order valence-electron chi connectivity index (χ1n) is 16.3. The van der Waals surface area contributed by atoms with Crippen molar-refractivity contribution in [1.29, 1.82) is 0 Å². The number of carbonyl (C=O) groups excluding carboxylic acids is 1. The lowest BCUT2D eigenvalue weighted by Gasteiger charge is -2.15. The molecule has 0 radical (unpaired) electrons. The van der Waals surface area contributed by atoms with Gasteiger partial charge in [0.15, 0.2) is 0 Å². The van der Waals surface area contributed by atoms with Crippen molar-refractivity contribution in [3.05, 3.63) is 12.2 Å². The highest BCUT2D eigenvalue weighted by Crippen LogP contribution is 2.12. The van der Waals surface area contributed by atoms with Crippen LogP contribution in [0.4, 0.5) is 0 Å². The van der Waals surface area contributed by atoms with Gasteiger partial charge in [-0.1, -0.05) is 135 Å². The highest BCUT2D eigenvalue weighted by molar-refractivity contribution is 5.69. The van der Waals surface area contributed by atoms with Crippen molar-refractivity contribution in [2.24, 2.45) is 0 Å². The minimum atomic E-state index is -0.528. The van der Waals surface area contributed by atoms with E-state index >= 15 is 0 Å². The lowest BCUT2D eigenvalue weighted by atomic mass is 10.1. The molecule has 220 valence electrons. The van der Waals surface area contributed by atoms with Crippen molar-refractivity contribution >= 4 is 5.97 Å². The van der Waals surface area contributed by atoms with E-state index in [2.05, 4.69) is 26.0 Å². The van der Waals surface area contributed by atoms with E-state index in [1.165, 1.54) is 128 Å². The summed E-state index contributed by atoms with van der Waals surface area (Å²) < 4.78 is 11.1. The first-order chi connectivity index (χ1) is 18.2. The fraction of sp³-hybridized carbons (Fsp3) is 0.909. The van der Waals surface area contributed by atoms with Crippen LogP contribution in [0.5, 0.6) is 0 Å². The molecule has 0 fully saturated rings. The lowest BCUT2D eigenvalue weighted by Crippen LogP contribution is -2.27. The van der Waals surface area contributed by atoms with E-state index in [1.54, 1.807) is 0 Å². The smallest absolute Gasteiger partial charge is 0.306 e. The molecule has 0 saturated heterocycles. The molecule has 0 aliphatic heterocycles. The molecule has 1 unspecified atom stereocenters. The summed E-state index contributed by atoms with van der Waals surface area (Å²) in [5.74, 6) is -0.205. The van der Waals surface area contributed by atoms with Crippen LogP contribution in [0.1, 0.15) is 168 Å². The monoisotopic (exact) mass is 524 g/mol. The maximum Gasteiger partial charge on any atom is 0.306 e. The Morgan fingerprint density at radius 2 is 1.05 bits per heavy atom. The molecule has 0 bridgehead atoms. The molecule has 0 aromatic carbocycles. The number of hydrogen-bond acceptors (Lipinski definition) is 4. The van der Waals surface area contributed by atoms with Gasteiger partial charge in [-0.15, -0.1) is 0 Å². The molecule has 0 aromatic rings. The Morgan fingerprint density at radius 3 is 1.54 bits per heavy atom. The van der Waals surface area contributed by atoms with E-state index < -0.39 is 6.10 Å². The summed E-state index contributed by atoms with van der Waals surface area (Å²) in [5, 5.41) is 9.49. The van der Waals surface area contributed by atoms with Gasteiger partial charge in [0.2, 0.25) is 0 Å². The molecule has 0 aliphatic rings. The molecule has 1 N–H and O–H groups in total. The summed E-state index contributed by atoms with van der Waals surface area (Å²) in [6.45, 7) is 5.32. The predicted molar refractivity (Wildman–Crippen MR) is 159 cm³/mol. The largest absolute Gasteiger partial charge is 0.457 e. The topological polar surface area (TPSA) is 55.8 Å². The standard InChI is InChI=1S/C33H64O4/c1-3-5-7-9-11-13-15-16-17-18-19-21-23-25-27-29-36-31-32(30-34)37-33(35)28-26-24-22-20-14-12-10-8-6-4-2/h15-16,32,34H,3-14,17-31H2,1-2H3/b16-15-. The molecule has 1 atom stereocenters. The van der Waals surface area contributed by atoms with Crippen molar-refractivity contribution in [1.82, 2.24) is 0 Å². The van der Waals surface area contributed by atoms with Gasteiger partial charge in [0.25, 0.3) is 0 Å². The first-order valence-corrected chi connectivity index (χ1v) is 16.3. The van der Waals surface area contributed by atoms with E-state index in [4.69, 9.17) is 9.47 Å². The van der Waals surface area contributed by atoms with Crippen molar-refractivity contribution in [3.8, 4) is 0 Å². The molecule has 0 aromatic heterocycles. The quantitative estimate of drug-likeness (QED) is 0.0577. The van der Waals surface area contributed by atoms with E-state index in [1.807, 2.05) is 0 Å². The summed E-state index contributed by atoms with van der Waals surface area (Å²) >= 11 is 0. The van der Waals surface area contributed by atoms with Crippen LogP contribution in [0.15, 0.2) is 12.2 Å². The highest BCUT2D eigenvalue weighted by Gasteiger charge is 2.13. The van der Waals surface area contributed by atoms with E-state index in [0.717, 1.165) is 19.3 Å². The van der Waals surface area contributed by atoms with Gasteiger partial charge < -0.3 is 14.6 Å². The van der Waals surface area contributed by atoms with Crippen molar-refractivity contribution in [2.45, 2.75) is 174 Å². The zero-order chi connectivity index (χ0) is 27.1. The fourth-order valence-corrected chi connectivity index (χ4v) is 4.62. The Labute approximate surface area is 231 Å². The average Bonchev–Trinajstić information content (AvgIpc) is 2.90. The maximum absolute atomic E-state index is 12.0.